The van der Waals surface area contributed by atoms with Crippen molar-refractivity contribution >= 4 is 0 Å². The largest absolute Gasteiger partial charge is 0.313 e. The van der Waals surface area contributed by atoms with Crippen molar-refractivity contribution in [2.75, 3.05) is 26.7 Å². The maximum Gasteiger partial charge on any atom is 0.0355 e. The van der Waals surface area contributed by atoms with Crippen LogP contribution in [0.4, 0.5) is 0 Å². The minimum Gasteiger partial charge on any atom is -0.313 e. The van der Waals surface area contributed by atoms with Crippen molar-refractivity contribution in [3.05, 3.63) is 35.9 Å². The van der Waals surface area contributed by atoms with Crippen LogP contribution in [0.5, 0.6) is 0 Å². The van der Waals surface area contributed by atoms with Gasteiger partial charge in [-0.25, -0.2) is 0 Å². The van der Waals surface area contributed by atoms with E-state index in [1.807, 2.05) is 0 Å². The summed E-state index contributed by atoms with van der Waals surface area (Å²) in [4.78, 5) is 2.62. The Balaban J connectivity index is 1.93. The number of benzene rings is 1. The molecule has 2 unspecified atom stereocenters. The zero-order valence-electron chi connectivity index (χ0n) is 12.6. The van der Waals surface area contributed by atoms with Crippen LogP contribution in [0.3, 0.4) is 0 Å². The summed E-state index contributed by atoms with van der Waals surface area (Å²) in [6.07, 6.45) is 2.89. The molecule has 0 bridgehead atoms. The van der Waals surface area contributed by atoms with E-state index in [0.29, 0.717) is 12.0 Å². The zero-order valence-corrected chi connectivity index (χ0v) is 12.6. The first-order chi connectivity index (χ1) is 9.24. The van der Waals surface area contributed by atoms with Crippen molar-refractivity contribution in [3.63, 3.8) is 0 Å². The number of rotatable bonds is 8. The van der Waals surface area contributed by atoms with Gasteiger partial charge in [-0.15, -0.1) is 0 Å². The first kappa shape index (κ1) is 14.5. The molecule has 2 heteroatoms. The van der Waals surface area contributed by atoms with E-state index >= 15 is 0 Å². The van der Waals surface area contributed by atoms with Gasteiger partial charge in [0.25, 0.3) is 0 Å². The van der Waals surface area contributed by atoms with Gasteiger partial charge < -0.3 is 10.2 Å². The Bertz CT molecular complexity index is 359. The van der Waals surface area contributed by atoms with Gasteiger partial charge in [-0.2, -0.15) is 0 Å². The summed E-state index contributed by atoms with van der Waals surface area (Å²) in [6, 6.07) is 11.3. The van der Waals surface area contributed by atoms with Crippen molar-refractivity contribution in [3.8, 4) is 0 Å². The van der Waals surface area contributed by atoms with E-state index < -0.39 is 0 Å². The van der Waals surface area contributed by atoms with Crippen molar-refractivity contribution in [1.82, 2.24) is 10.2 Å². The normalized spacial score (nSPS) is 18.5. The molecule has 19 heavy (non-hydrogen) atoms. The highest BCUT2D eigenvalue weighted by molar-refractivity contribution is 5.19. The van der Waals surface area contributed by atoms with E-state index in [9.17, 15) is 0 Å². The number of hydrogen-bond donors (Lipinski definition) is 1. The lowest BCUT2D eigenvalue weighted by atomic mass is 9.94. The molecular formula is C17H28N2. The lowest BCUT2D eigenvalue weighted by Gasteiger charge is -2.30. The Hall–Kier alpha value is -0.860. The zero-order chi connectivity index (χ0) is 13.7. The van der Waals surface area contributed by atoms with Crippen LogP contribution in [-0.4, -0.2) is 31.6 Å². The summed E-state index contributed by atoms with van der Waals surface area (Å²) in [5, 5.41) is 3.49. The maximum atomic E-state index is 3.49. The lowest BCUT2D eigenvalue weighted by Crippen LogP contribution is -2.35. The molecule has 1 saturated carbocycles. The molecule has 2 atom stereocenters. The summed E-state index contributed by atoms with van der Waals surface area (Å²) in [5.74, 6) is 1.61. The second kappa shape index (κ2) is 7.06. The third kappa shape index (κ3) is 4.32. The fourth-order valence-corrected chi connectivity index (χ4v) is 2.95. The molecule has 1 N–H and O–H groups in total. The molecule has 0 saturated heterocycles. The van der Waals surface area contributed by atoms with Crippen molar-refractivity contribution < 1.29 is 0 Å². The van der Waals surface area contributed by atoms with Crippen LogP contribution in [0.2, 0.25) is 0 Å². The van der Waals surface area contributed by atoms with Gasteiger partial charge >= 0.3 is 0 Å². The highest BCUT2D eigenvalue weighted by Crippen LogP contribution is 2.30. The Labute approximate surface area is 118 Å². The Kier molecular flexibility index (Phi) is 5.41. The Morgan fingerprint density at radius 1 is 1.26 bits per heavy atom. The minimum absolute atomic E-state index is 0.453. The molecular weight excluding hydrogens is 232 g/mol. The van der Waals surface area contributed by atoms with Crippen molar-refractivity contribution in [2.45, 2.75) is 32.7 Å². The van der Waals surface area contributed by atoms with Gasteiger partial charge in [0.15, 0.2) is 0 Å². The van der Waals surface area contributed by atoms with Crippen LogP contribution in [-0.2, 0) is 0 Å². The van der Waals surface area contributed by atoms with Crippen LogP contribution in [0, 0.1) is 11.8 Å². The molecule has 106 valence electrons. The highest BCUT2D eigenvalue weighted by Gasteiger charge is 2.26. The molecule has 1 aromatic rings. The van der Waals surface area contributed by atoms with Gasteiger partial charge in [0.2, 0.25) is 0 Å². The van der Waals surface area contributed by atoms with Crippen LogP contribution in [0.1, 0.15) is 38.3 Å². The summed E-state index contributed by atoms with van der Waals surface area (Å²) in [7, 11) is 2.07. The van der Waals surface area contributed by atoms with Crippen molar-refractivity contribution in [2.24, 2.45) is 11.8 Å². The first-order valence-electron chi connectivity index (χ1n) is 7.69. The highest BCUT2D eigenvalue weighted by atomic mass is 15.1. The van der Waals surface area contributed by atoms with E-state index in [1.54, 1.807) is 0 Å². The quantitative estimate of drug-likeness (QED) is 0.771. The average Bonchev–Trinajstić information content (AvgIpc) is 3.24. The molecule has 1 aliphatic rings. The second-order valence-electron chi connectivity index (χ2n) is 5.95. The summed E-state index contributed by atoms with van der Waals surface area (Å²) < 4.78 is 0. The van der Waals surface area contributed by atoms with E-state index in [-0.39, 0.29) is 0 Å². The van der Waals surface area contributed by atoms with E-state index in [4.69, 9.17) is 0 Å². The van der Waals surface area contributed by atoms with Gasteiger partial charge in [-0.1, -0.05) is 44.2 Å². The van der Waals surface area contributed by atoms with Gasteiger partial charge in [0, 0.05) is 19.1 Å². The Morgan fingerprint density at radius 3 is 2.47 bits per heavy atom. The van der Waals surface area contributed by atoms with Crippen LogP contribution in [0.25, 0.3) is 0 Å². The van der Waals surface area contributed by atoms with Gasteiger partial charge in [-0.3, -0.25) is 0 Å². The molecule has 0 radical (unpaired) electrons. The van der Waals surface area contributed by atoms with Crippen LogP contribution in [0.15, 0.2) is 30.3 Å². The van der Waals surface area contributed by atoms with Crippen molar-refractivity contribution in [1.29, 1.82) is 0 Å². The lowest BCUT2D eigenvalue weighted by molar-refractivity contribution is 0.215. The molecule has 2 nitrogen and oxygen atoms in total. The number of nitrogens with zero attached hydrogens (tertiary/aromatic N) is 1. The third-order valence-electron chi connectivity index (χ3n) is 4.25. The predicted octanol–water partition coefficient (Wildman–Crippen LogP) is 3.32. The fraction of sp³-hybridized carbons (Fsp3) is 0.647. The van der Waals surface area contributed by atoms with Gasteiger partial charge in [0.1, 0.15) is 0 Å². The standard InChI is InChI=1S/C17H28N2/c1-4-19(13-15-10-11-15)12-14(2)17(18-3)16-8-6-5-7-9-16/h5-9,14-15,17-18H,4,10-13H2,1-3H3. The molecule has 1 aliphatic carbocycles. The van der Waals surface area contributed by atoms with Gasteiger partial charge in [-0.05, 0) is 43.8 Å². The number of nitrogens with one attached hydrogen (secondary N) is 1. The SMILES string of the molecule is CCN(CC1CC1)CC(C)C(NC)c1ccccc1. The van der Waals surface area contributed by atoms with Crippen LogP contribution >= 0.6 is 0 Å². The summed E-state index contributed by atoms with van der Waals surface area (Å²) in [5.41, 5.74) is 1.40. The monoisotopic (exact) mass is 260 g/mol. The second-order valence-corrected chi connectivity index (χ2v) is 5.95. The molecule has 0 heterocycles. The molecule has 1 fully saturated rings. The van der Waals surface area contributed by atoms with E-state index in [0.717, 1.165) is 5.92 Å². The van der Waals surface area contributed by atoms with E-state index in [2.05, 4.69) is 61.4 Å². The number of hydrogen-bond acceptors (Lipinski definition) is 2. The third-order valence-corrected chi connectivity index (χ3v) is 4.25. The summed E-state index contributed by atoms with van der Waals surface area (Å²) >= 11 is 0. The maximum absolute atomic E-state index is 3.49. The topological polar surface area (TPSA) is 15.3 Å². The molecule has 0 spiro atoms. The molecule has 0 aliphatic heterocycles. The molecule has 0 amide bonds. The van der Waals surface area contributed by atoms with E-state index in [1.165, 1.54) is 38.0 Å². The minimum atomic E-state index is 0.453. The molecule has 2 rings (SSSR count). The summed E-state index contributed by atoms with van der Waals surface area (Å²) in [6.45, 7) is 8.31. The molecule has 1 aromatic carbocycles. The predicted molar refractivity (Wildman–Crippen MR) is 82.2 cm³/mol. The van der Waals surface area contributed by atoms with Gasteiger partial charge in [0.05, 0.1) is 0 Å². The first-order valence-corrected chi connectivity index (χ1v) is 7.69. The van der Waals surface area contributed by atoms with Crippen LogP contribution < -0.4 is 5.32 Å². The smallest absolute Gasteiger partial charge is 0.0355 e. The Morgan fingerprint density at radius 2 is 1.95 bits per heavy atom. The fourth-order valence-electron chi connectivity index (χ4n) is 2.95. The molecule has 0 aromatic heterocycles. The average molecular weight is 260 g/mol.